The maximum atomic E-state index is 14.6. The summed E-state index contributed by atoms with van der Waals surface area (Å²) in [5.74, 6) is -0.829. The van der Waals surface area contributed by atoms with E-state index in [0.29, 0.717) is 31.3 Å². The summed E-state index contributed by atoms with van der Waals surface area (Å²) in [6, 6.07) is 6.49. The van der Waals surface area contributed by atoms with Crippen LogP contribution in [0.1, 0.15) is 48.0 Å². The smallest absolute Gasteiger partial charge is 0.268 e. The van der Waals surface area contributed by atoms with Crippen molar-refractivity contribution in [3.05, 3.63) is 52.3 Å². The summed E-state index contributed by atoms with van der Waals surface area (Å²) in [6.07, 6.45) is 5.89. The summed E-state index contributed by atoms with van der Waals surface area (Å²) < 4.78 is 52.9. The highest BCUT2D eigenvalue weighted by Crippen LogP contribution is 2.31. The van der Waals surface area contributed by atoms with E-state index in [0.717, 1.165) is 49.8 Å². The Hall–Kier alpha value is -2.32. The largest absolute Gasteiger partial charge is 0.493 e. The molecule has 1 fully saturated rings. The van der Waals surface area contributed by atoms with Crippen molar-refractivity contribution in [2.24, 2.45) is 5.92 Å². The Labute approximate surface area is 185 Å². The first-order chi connectivity index (χ1) is 14.8. The maximum absolute atomic E-state index is 14.6. The summed E-state index contributed by atoms with van der Waals surface area (Å²) >= 11 is 6.16. The average molecular weight is 468 g/mol. The zero-order valence-electron chi connectivity index (χ0n) is 16.8. The molecule has 2 aromatic carbocycles. The lowest BCUT2D eigenvalue weighted by Gasteiger charge is -2.18. The molecule has 1 amide bonds. The van der Waals surface area contributed by atoms with Gasteiger partial charge in [0.25, 0.3) is 15.9 Å². The van der Waals surface area contributed by atoms with Crippen LogP contribution in [0.15, 0.2) is 35.2 Å². The molecule has 166 valence electrons. The number of sulfonamides is 1. The first-order valence-corrected chi connectivity index (χ1v) is 12.1. The SMILES string of the molecule is O=C(NS(=O)(=O)c1ccc2c(c1)CCCO2)c1cc(Cl)c(OCC2CCCC2)cc1F. The van der Waals surface area contributed by atoms with Gasteiger partial charge < -0.3 is 9.47 Å². The van der Waals surface area contributed by atoms with Crippen molar-refractivity contribution >= 4 is 27.5 Å². The van der Waals surface area contributed by atoms with E-state index >= 15 is 0 Å². The Bertz CT molecular complexity index is 1100. The Balaban J connectivity index is 1.49. The number of fused-ring (bicyclic) bond motifs is 1. The van der Waals surface area contributed by atoms with Gasteiger partial charge in [-0.25, -0.2) is 17.5 Å². The van der Waals surface area contributed by atoms with Gasteiger partial charge in [0.1, 0.15) is 17.3 Å². The lowest BCUT2D eigenvalue weighted by atomic mass is 10.1. The van der Waals surface area contributed by atoms with Crippen LogP contribution in [0.5, 0.6) is 11.5 Å². The molecule has 0 spiro atoms. The van der Waals surface area contributed by atoms with Gasteiger partial charge >= 0.3 is 0 Å². The third-order valence-corrected chi connectivity index (χ3v) is 7.26. The van der Waals surface area contributed by atoms with E-state index in [1.165, 1.54) is 12.1 Å². The number of nitrogens with one attached hydrogen (secondary N) is 1. The monoisotopic (exact) mass is 467 g/mol. The average Bonchev–Trinajstić information content (AvgIpc) is 3.27. The number of hydrogen-bond acceptors (Lipinski definition) is 5. The number of carbonyl (C=O) groups is 1. The predicted molar refractivity (Wildman–Crippen MR) is 114 cm³/mol. The fourth-order valence-corrected chi connectivity index (χ4v) is 5.17. The van der Waals surface area contributed by atoms with Gasteiger partial charge in [0.2, 0.25) is 0 Å². The molecule has 1 heterocycles. The van der Waals surface area contributed by atoms with Gasteiger partial charge in [-0.05, 0) is 61.4 Å². The minimum absolute atomic E-state index is 0.0490. The summed E-state index contributed by atoms with van der Waals surface area (Å²) in [5.41, 5.74) is 0.280. The first kappa shape index (κ1) is 21.9. The third-order valence-electron chi connectivity index (χ3n) is 5.63. The molecule has 1 aliphatic carbocycles. The van der Waals surface area contributed by atoms with E-state index in [1.807, 2.05) is 4.72 Å². The van der Waals surface area contributed by atoms with Crippen LogP contribution >= 0.6 is 11.6 Å². The third kappa shape index (κ3) is 4.96. The van der Waals surface area contributed by atoms with Crippen LogP contribution < -0.4 is 14.2 Å². The van der Waals surface area contributed by atoms with E-state index in [1.54, 1.807) is 6.07 Å². The summed E-state index contributed by atoms with van der Waals surface area (Å²) in [4.78, 5) is 12.4. The Kier molecular flexibility index (Phi) is 6.39. The number of hydrogen-bond donors (Lipinski definition) is 1. The predicted octanol–water partition coefficient (Wildman–Crippen LogP) is 4.49. The van der Waals surface area contributed by atoms with Gasteiger partial charge in [-0.2, -0.15) is 0 Å². The highest BCUT2D eigenvalue weighted by Gasteiger charge is 2.24. The van der Waals surface area contributed by atoms with Gasteiger partial charge in [-0.15, -0.1) is 0 Å². The lowest BCUT2D eigenvalue weighted by Crippen LogP contribution is -2.31. The van der Waals surface area contributed by atoms with Gasteiger partial charge in [0, 0.05) is 6.07 Å². The summed E-state index contributed by atoms with van der Waals surface area (Å²) in [7, 11) is -4.20. The summed E-state index contributed by atoms with van der Waals surface area (Å²) in [5, 5.41) is 0.0490. The molecule has 31 heavy (non-hydrogen) atoms. The Morgan fingerprint density at radius 3 is 2.74 bits per heavy atom. The fourth-order valence-electron chi connectivity index (χ4n) is 3.94. The number of benzene rings is 2. The van der Waals surface area contributed by atoms with Gasteiger partial charge in [0.15, 0.2) is 0 Å². The first-order valence-electron chi connectivity index (χ1n) is 10.3. The zero-order chi connectivity index (χ0) is 22.0. The molecule has 4 rings (SSSR count). The topological polar surface area (TPSA) is 81.7 Å². The van der Waals surface area contributed by atoms with Crippen molar-refractivity contribution in [1.29, 1.82) is 0 Å². The minimum Gasteiger partial charge on any atom is -0.493 e. The van der Waals surface area contributed by atoms with Crippen LogP contribution in [0, 0.1) is 11.7 Å². The molecule has 6 nitrogen and oxygen atoms in total. The fraction of sp³-hybridized carbons (Fsp3) is 0.409. The quantitative estimate of drug-likeness (QED) is 0.676. The zero-order valence-corrected chi connectivity index (χ0v) is 18.4. The number of amides is 1. The second-order valence-electron chi connectivity index (χ2n) is 7.88. The number of carbonyl (C=O) groups excluding carboxylic acids is 1. The van der Waals surface area contributed by atoms with Crippen molar-refractivity contribution < 1.29 is 27.1 Å². The molecule has 0 radical (unpaired) electrons. The number of rotatable bonds is 6. The normalized spacial score (nSPS) is 16.5. The molecule has 1 saturated carbocycles. The van der Waals surface area contributed by atoms with Crippen molar-refractivity contribution in [3.63, 3.8) is 0 Å². The van der Waals surface area contributed by atoms with Crippen LogP contribution in [-0.2, 0) is 16.4 Å². The second-order valence-corrected chi connectivity index (χ2v) is 9.97. The van der Waals surface area contributed by atoms with Crippen LogP contribution in [-0.4, -0.2) is 27.5 Å². The standard InChI is InChI=1S/C22H23ClFNO5S/c23-18-11-17(19(24)12-21(18)30-13-14-4-1-2-5-14)22(26)25-31(27,28)16-7-8-20-15(10-16)6-3-9-29-20/h7-8,10-12,14H,1-6,9,13H2,(H,25,26). The molecule has 9 heteroatoms. The summed E-state index contributed by atoms with van der Waals surface area (Å²) in [6.45, 7) is 1.01. The number of halogens is 2. The van der Waals surface area contributed by atoms with Crippen molar-refractivity contribution in [1.82, 2.24) is 4.72 Å². The molecule has 0 bridgehead atoms. The Morgan fingerprint density at radius 1 is 1.19 bits per heavy atom. The molecule has 2 aliphatic rings. The van der Waals surface area contributed by atoms with Crippen LogP contribution in [0.3, 0.4) is 0 Å². The number of ether oxygens (including phenoxy) is 2. The van der Waals surface area contributed by atoms with E-state index < -0.39 is 27.3 Å². The lowest BCUT2D eigenvalue weighted by molar-refractivity contribution is 0.0977. The minimum atomic E-state index is -4.20. The molecular formula is C22H23ClFNO5S. The molecule has 0 unspecified atom stereocenters. The van der Waals surface area contributed by atoms with Crippen molar-refractivity contribution in [2.45, 2.75) is 43.4 Å². The highest BCUT2D eigenvalue weighted by molar-refractivity contribution is 7.90. The van der Waals surface area contributed by atoms with Crippen LogP contribution in [0.4, 0.5) is 4.39 Å². The maximum Gasteiger partial charge on any atom is 0.268 e. The van der Waals surface area contributed by atoms with Gasteiger partial charge in [0.05, 0.1) is 28.7 Å². The molecule has 0 saturated heterocycles. The van der Waals surface area contributed by atoms with Crippen molar-refractivity contribution in [3.8, 4) is 11.5 Å². The molecule has 1 aliphatic heterocycles. The molecule has 0 atom stereocenters. The molecular weight excluding hydrogens is 445 g/mol. The van der Waals surface area contributed by atoms with E-state index in [4.69, 9.17) is 21.1 Å². The number of aryl methyl sites for hydroxylation is 1. The van der Waals surface area contributed by atoms with E-state index in [2.05, 4.69) is 0 Å². The van der Waals surface area contributed by atoms with Gasteiger partial charge in [-0.1, -0.05) is 24.4 Å². The Morgan fingerprint density at radius 2 is 1.97 bits per heavy atom. The molecule has 2 aromatic rings. The van der Waals surface area contributed by atoms with Crippen LogP contribution in [0.25, 0.3) is 0 Å². The van der Waals surface area contributed by atoms with Crippen LogP contribution in [0.2, 0.25) is 5.02 Å². The highest BCUT2D eigenvalue weighted by atomic mass is 35.5. The molecule has 0 aromatic heterocycles. The van der Waals surface area contributed by atoms with Crippen molar-refractivity contribution in [2.75, 3.05) is 13.2 Å². The molecule has 1 N–H and O–H groups in total. The van der Waals surface area contributed by atoms with E-state index in [-0.39, 0.29) is 15.7 Å². The van der Waals surface area contributed by atoms with Gasteiger partial charge in [-0.3, -0.25) is 4.79 Å². The second kappa shape index (κ2) is 9.04. The van der Waals surface area contributed by atoms with E-state index in [9.17, 15) is 17.6 Å².